The molecule has 2 aliphatic rings. The van der Waals surface area contributed by atoms with Crippen LogP contribution in [0.2, 0.25) is 0 Å². The van der Waals surface area contributed by atoms with Crippen LogP contribution in [0.5, 0.6) is 0 Å². The Bertz CT molecular complexity index is 3590. The summed E-state index contributed by atoms with van der Waals surface area (Å²) in [6.45, 7) is 0.286. The minimum absolute atomic E-state index is 0.0161. The second-order valence-corrected chi connectivity index (χ2v) is 24.1. The van der Waals surface area contributed by atoms with Crippen molar-refractivity contribution in [1.29, 1.82) is 0 Å². The van der Waals surface area contributed by atoms with Crippen molar-refractivity contribution in [3.8, 4) is 0 Å². The Kier molecular flexibility index (Phi) is 24.7. The maximum atomic E-state index is 16.4. The highest BCUT2D eigenvalue weighted by molar-refractivity contribution is 7.48. The number of rotatable bonds is 33. The maximum Gasteiger partial charge on any atom is 0.475 e. The first kappa shape index (κ1) is 65.5. The molecule has 0 spiro atoms. The second-order valence-electron chi connectivity index (χ2n) is 22.4. The van der Waals surface area contributed by atoms with Gasteiger partial charge in [0.2, 0.25) is 0 Å². The third kappa shape index (κ3) is 19.1. The SMILES string of the molecule is [N-]=[N+]=N[C@H]1[C@H](O[C@@H]2[C@H](OCc3ccccc3)[C@@H](OCc3ccccc3)[C@H](OCc3ccccc3)[C@@H](OCc3ccccc3)[C@H]2OP(=O)(OCc2ccccc2)OCc2ccccc2)O[C@H](COCc2ccccc2)[C@@H](OCc2ccccc2)[C@@H]1OCc1ccccc1. The lowest BCUT2D eigenvalue weighted by Crippen LogP contribution is -2.69. The normalized spacial score (nSPS) is 22.3. The molecule has 9 aromatic carbocycles. The van der Waals surface area contributed by atoms with E-state index in [9.17, 15) is 5.53 Å². The molecule has 1 heterocycles. The first-order valence-corrected chi connectivity index (χ1v) is 32.4. The third-order valence-corrected chi connectivity index (χ3v) is 17.2. The van der Waals surface area contributed by atoms with Gasteiger partial charge in [0.05, 0.1) is 66.1 Å². The molecule has 11 atom stereocenters. The molecule has 92 heavy (non-hydrogen) atoms. The predicted molar refractivity (Wildman–Crippen MR) is 348 cm³/mol. The zero-order valence-electron chi connectivity index (χ0n) is 51.0. The van der Waals surface area contributed by atoms with Gasteiger partial charge in [-0.2, -0.15) is 0 Å². The highest BCUT2D eigenvalue weighted by atomic mass is 31.2. The van der Waals surface area contributed by atoms with Crippen LogP contribution in [-0.2, 0) is 120 Å². The number of nitrogens with zero attached hydrogens (tertiary/aromatic N) is 3. The van der Waals surface area contributed by atoms with Gasteiger partial charge in [-0.25, -0.2) is 4.57 Å². The fraction of sp³-hybridized carbons (Fsp3) is 0.280. The van der Waals surface area contributed by atoms with Crippen molar-refractivity contribution in [2.75, 3.05) is 6.61 Å². The molecule has 17 heteroatoms. The second kappa shape index (κ2) is 34.6. The number of hydrogen-bond donors (Lipinski definition) is 0. The van der Waals surface area contributed by atoms with Crippen LogP contribution < -0.4 is 0 Å². The molecule has 0 unspecified atom stereocenters. The molecule has 1 aliphatic carbocycles. The van der Waals surface area contributed by atoms with E-state index in [1.54, 1.807) is 0 Å². The van der Waals surface area contributed by atoms with E-state index in [1.165, 1.54) is 0 Å². The Morgan fingerprint density at radius 1 is 0.337 bits per heavy atom. The summed E-state index contributed by atoms with van der Waals surface area (Å²) in [5.41, 5.74) is 18.3. The van der Waals surface area contributed by atoms with Crippen LogP contribution in [0.1, 0.15) is 50.1 Å². The highest BCUT2D eigenvalue weighted by Crippen LogP contribution is 2.55. The van der Waals surface area contributed by atoms with Crippen LogP contribution in [0.4, 0.5) is 0 Å². The van der Waals surface area contributed by atoms with Crippen LogP contribution in [0, 0.1) is 0 Å². The van der Waals surface area contributed by atoms with Gasteiger partial charge in [-0.15, -0.1) is 0 Å². The fourth-order valence-electron chi connectivity index (χ4n) is 11.2. The Morgan fingerprint density at radius 3 is 0.935 bits per heavy atom. The summed E-state index contributed by atoms with van der Waals surface area (Å²) in [6, 6.07) is 85.6. The Labute approximate surface area is 538 Å². The number of phosphoric acid groups is 1. The van der Waals surface area contributed by atoms with Crippen LogP contribution in [0.25, 0.3) is 10.4 Å². The highest BCUT2D eigenvalue weighted by Gasteiger charge is 2.59. The zero-order chi connectivity index (χ0) is 62.8. The molecular formula is C75H76N3O13P. The van der Waals surface area contributed by atoms with Crippen molar-refractivity contribution in [2.45, 2.75) is 127 Å². The van der Waals surface area contributed by atoms with E-state index in [0.717, 1.165) is 38.9 Å². The standard InChI is InChI=1S/C75H76N3O13P/c76-78-77-66-68(82-48-58-32-14-3-15-33-58)67(81-47-57-30-12-2-13-31-57)65(55-80-46-56-28-10-1-11-29-56)89-75(66)90-73-71(85-51-61-38-20-6-21-39-61)69(83-49-59-34-16-4-17-35-59)70(84-50-60-36-18-5-19-37-60)72(86-52-62-40-22-7-23-41-62)74(73)91-92(79,87-53-63-42-24-8-25-43-63)88-54-64-44-26-9-27-45-64/h1-45,65-75H,46-55H2/t65-,66-,67-,68-,69+,70+,71-,72-,73-,74-,75+/m1/s1. The van der Waals surface area contributed by atoms with Crippen molar-refractivity contribution >= 4 is 7.82 Å². The van der Waals surface area contributed by atoms with Crippen LogP contribution >= 0.6 is 7.82 Å². The molecular weight excluding hydrogens is 1180 g/mol. The largest absolute Gasteiger partial charge is 0.475 e. The van der Waals surface area contributed by atoms with Crippen LogP contribution in [0.3, 0.4) is 0 Å². The van der Waals surface area contributed by atoms with Crippen molar-refractivity contribution in [2.24, 2.45) is 5.11 Å². The summed E-state index contributed by atoms with van der Waals surface area (Å²) in [5, 5.41) is 4.52. The Hall–Kier alpha value is -7.96. The summed E-state index contributed by atoms with van der Waals surface area (Å²) in [5.74, 6) is 0. The van der Waals surface area contributed by atoms with E-state index in [1.807, 2.05) is 273 Å². The average Bonchev–Trinajstić information content (AvgIpc) is 0.793. The van der Waals surface area contributed by atoms with Gasteiger partial charge < -0.3 is 42.6 Å². The molecule has 1 saturated carbocycles. The molecule has 0 N–H and O–H groups in total. The predicted octanol–water partition coefficient (Wildman–Crippen LogP) is 15.4. The van der Waals surface area contributed by atoms with Gasteiger partial charge in [-0.1, -0.05) is 278 Å². The lowest BCUT2D eigenvalue weighted by Gasteiger charge is -2.52. The lowest BCUT2D eigenvalue weighted by molar-refractivity contribution is -0.337. The van der Waals surface area contributed by atoms with Gasteiger partial charge in [-0.05, 0) is 55.6 Å². The smallest absolute Gasteiger partial charge is 0.374 e. The van der Waals surface area contributed by atoms with Gasteiger partial charge in [0.1, 0.15) is 61.0 Å². The molecule has 0 radical (unpaired) electrons. The molecule has 16 nitrogen and oxygen atoms in total. The summed E-state index contributed by atoms with van der Waals surface area (Å²) >= 11 is 0. The third-order valence-electron chi connectivity index (χ3n) is 15.9. The van der Waals surface area contributed by atoms with Gasteiger partial charge in [0.25, 0.3) is 0 Å². The first-order chi connectivity index (χ1) is 45.4. The lowest BCUT2D eigenvalue weighted by atomic mass is 9.83. The summed E-state index contributed by atoms with van der Waals surface area (Å²) in [7, 11) is -4.82. The van der Waals surface area contributed by atoms with E-state index in [0.29, 0.717) is 11.1 Å². The van der Waals surface area contributed by atoms with Gasteiger partial charge >= 0.3 is 7.82 Å². The van der Waals surface area contributed by atoms with E-state index >= 15 is 4.57 Å². The van der Waals surface area contributed by atoms with Crippen LogP contribution in [-0.4, -0.2) is 73.9 Å². The summed E-state index contributed by atoms with van der Waals surface area (Å²) < 4.78 is 101. The molecule has 474 valence electrons. The number of azide groups is 1. The molecule has 0 aromatic heterocycles. The zero-order valence-corrected chi connectivity index (χ0v) is 51.9. The Morgan fingerprint density at radius 2 is 0.609 bits per heavy atom. The molecule has 1 saturated heterocycles. The number of hydrogen-bond acceptors (Lipinski definition) is 14. The minimum Gasteiger partial charge on any atom is -0.374 e. The number of ether oxygens (including phenoxy) is 9. The molecule has 9 aromatic rings. The first-order valence-electron chi connectivity index (χ1n) is 31.0. The molecule has 11 rings (SSSR count). The van der Waals surface area contributed by atoms with Crippen molar-refractivity contribution in [3.63, 3.8) is 0 Å². The molecule has 2 fully saturated rings. The monoisotopic (exact) mass is 1260 g/mol. The van der Waals surface area contributed by atoms with E-state index in [2.05, 4.69) is 10.0 Å². The summed E-state index contributed by atoms with van der Waals surface area (Å²) in [4.78, 5) is 3.47. The number of phosphoric ester groups is 1. The maximum absolute atomic E-state index is 16.4. The minimum atomic E-state index is -4.82. The van der Waals surface area contributed by atoms with E-state index in [4.69, 9.17) is 56.2 Å². The van der Waals surface area contributed by atoms with Crippen molar-refractivity contribution in [1.82, 2.24) is 0 Å². The molecule has 0 bridgehead atoms. The van der Waals surface area contributed by atoms with Crippen molar-refractivity contribution in [3.05, 3.63) is 334 Å². The van der Waals surface area contributed by atoms with E-state index < -0.39 is 75.1 Å². The molecule has 0 amide bonds. The average molecular weight is 1260 g/mol. The van der Waals surface area contributed by atoms with Gasteiger partial charge in [0.15, 0.2) is 6.29 Å². The molecule has 1 aliphatic heterocycles. The van der Waals surface area contributed by atoms with Crippen LogP contribution in [0.15, 0.2) is 278 Å². The topological polar surface area (TPSA) is 177 Å². The summed E-state index contributed by atoms with van der Waals surface area (Å²) in [6.07, 6.45) is -12.0. The van der Waals surface area contributed by atoms with E-state index in [-0.39, 0.29) is 66.1 Å². The fourth-order valence-corrected chi connectivity index (χ4v) is 12.5. The Balaban J connectivity index is 1.08. The quantitative estimate of drug-likeness (QED) is 0.0164. The van der Waals surface area contributed by atoms with Crippen molar-refractivity contribution < 1.29 is 60.8 Å². The van der Waals surface area contributed by atoms with Gasteiger partial charge in [-0.3, -0.25) is 13.6 Å². The number of benzene rings is 9. The van der Waals surface area contributed by atoms with Gasteiger partial charge in [0, 0.05) is 4.91 Å².